The number of alkyl halides is 1. The highest BCUT2D eigenvalue weighted by molar-refractivity contribution is 6.21. The van der Waals surface area contributed by atoms with Gasteiger partial charge in [0.2, 0.25) is 0 Å². The number of hydrogen-bond acceptors (Lipinski definition) is 1. The maximum absolute atomic E-state index is 9.91. The Hall–Kier alpha value is 0.250. The van der Waals surface area contributed by atoms with Crippen molar-refractivity contribution in [1.29, 1.82) is 0 Å². The van der Waals surface area contributed by atoms with Crippen molar-refractivity contribution in [1.82, 2.24) is 0 Å². The van der Waals surface area contributed by atoms with Crippen molar-refractivity contribution < 1.29 is 5.11 Å². The summed E-state index contributed by atoms with van der Waals surface area (Å²) in [6, 6.07) is 0. The molecule has 4 rings (SSSR count). The van der Waals surface area contributed by atoms with Crippen LogP contribution in [0.15, 0.2) is 0 Å². The van der Waals surface area contributed by atoms with Gasteiger partial charge in [0.1, 0.15) is 0 Å². The Morgan fingerprint density at radius 1 is 1.00 bits per heavy atom. The summed E-state index contributed by atoms with van der Waals surface area (Å²) in [6.45, 7) is 0. The average molecular weight is 187 g/mol. The quantitative estimate of drug-likeness (QED) is 0.574. The van der Waals surface area contributed by atoms with Crippen LogP contribution >= 0.6 is 11.6 Å². The third-order valence-corrected chi connectivity index (χ3v) is 4.94. The molecule has 1 unspecified atom stereocenters. The molecule has 4 aliphatic rings. The van der Waals surface area contributed by atoms with Gasteiger partial charge in [-0.1, -0.05) is 0 Å². The molecule has 6 atom stereocenters. The summed E-state index contributed by atoms with van der Waals surface area (Å²) >= 11 is 6.31. The standard InChI is InChI=1S/C10H15ClO/c11-9-6-1-5-2-7(4-6)10(12)8(9)3-5/h5-10,12H,1-4H2/t5-,6?,7+,8+,9-,10+/m1/s1. The van der Waals surface area contributed by atoms with E-state index < -0.39 is 0 Å². The Morgan fingerprint density at radius 3 is 2.58 bits per heavy atom. The molecule has 0 aromatic rings. The lowest BCUT2D eigenvalue weighted by Crippen LogP contribution is -2.54. The van der Waals surface area contributed by atoms with E-state index >= 15 is 0 Å². The first-order valence-corrected chi connectivity index (χ1v) is 5.51. The predicted molar refractivity (Wildman–Crippen MR) is 48.1 cm³/mol. The van der Waals surface area contributed by atoms with Crippen molar-refractivity contribution in [2.75, 3.05) is 0 Å². The molecule has 0 aromatic heterocycles. The van der Waals surface area contributed by atoms with Crippen LogP contribution in [0.25, 0.3) is 0 Å². The van der Waals surface area contributed by atoms with Gasteiger partial charge in [0, 0.05) is 11.3 Å². The number of rotatable bonds is 0. The van der Waals surface area contributed by atoms with E-state index in [1.807, 2.05) is 0 Å². The molecule has 2 heteroatoms. The molecular formula is C10H15ClO. The van der Waals surface area contributed by atoms with Gasteiger partial charge in [-0.15, -0.1) is 11.6 Å². The highest BCUT2D eigenvalue weighted by Crippen LogP contribution is 2.55. The van der Waals surface area contributed by atoms with Crippen LogP contribution in [0.2, 0.25) is 0 Å². The highest BCUT2D eigenvalue weighted by atomic mass is 35.5. The van der Waals surface area contributed by atoms with Crippen LogP contribution in [0.1, 0.15) is 25.7 Å². The maximum Gasteiger partial charge on any atom is 0.0611 e. The largest absolute Gasteiger partial charge is 0.392 e. The second kappa shape index (κ2) is 2.39. The minimum Gasteiger partial charge on any atom is -0.392 e. The highest BCUT2D eigenvalue weighted by Gasteiger charge is 2.52. The van der Waals surface area contributed by atoms with E-state index in [2.05, 4.69) is 0 Å². The van der Waals surface area contributed by atoms with Crippen LogP contribution in [-0.4, -0.2) is 16.6 Å². The third kappa shape index (κ3) is 0.843. The van der Waals surface area contributed by atoms with Crippen molar-refractivity contribution in [3.8, 4) is 0 Å². The summed E-state index contributed by atoms with van der Waals surface area (Å²) in [5.74, 6) is 2.67. The molecule has 0 aliphatic heterocycles. The van der Waals surface area contributed by atoms with Crippen LogP contribution in [0.5, 0.6) is 0 Å². The fourth-order valence-electron chi connectivity index (χ4n) is 3.81. The van der Waals surface area contributed by atoms with Crippen LogP contribution in [0.4, 0.5) is 0 Å². The summed E-state index contributed by atoms with van der Waals surface area (Å²) in [5.41, 5.74) is 0. The number of aliphatic hydroxyl groups is 1. The Morgan fingerprint density at radius 2 is 1.75 bits per heavy atom. The van der Waals surface area contributed by atoms with E-state index in [0.717, 1.165) is 11.8 Å². The van der Waals surface area contributed by atoms with E-state index in [9.17, 15) is 5.11 Å². The van der Waals surface area contributed by atoms with Crippen molar-refractivity contribution in [2.45, 2.75) is 37.2 Å². The summed E-state index contributed by atoms with van der Waals surface area (Å²) in [5, 5.41) is 10.2. The van der Waals surface area contributed by atoms with E-state index in [1.165, 1.54) is 25.7 Å². The Balaban J connectivity index is 1.93. The van der Waals surface area contributed by atoms with Crippen molar-refractivity contribution in [3.63, 3.8) is 0 Å². The normalized spacial score (nSPS) is 62.5. The summed E-state index contributed by atoms with van der Waals surface area (Å²) in [7, 11) is 0. The minimum atomic E-state index is -0.0692. The molecule has 68 valence electrons. The molecule has 0 spiro atoms. The smallest absolute Gasteiger partial charge is 0.0611 e. The van der Waals surface area contributed by atoms with E-state index in [0.29, 0.717) is 11.8 Å². The van der Waals surface area contributed by atoms with Gasteiger partial charge in [-0.2, -0.15) is 0 Å². The third-order valence-electron chi connectivity index (χ3n) is 4.26. The fraction of sp³-hybridized carbons (Fsp3) is 1.00. The summed E-state index contributed by atoms with van der Waals surface area (Å²) < 4.78 is 0. The molecule has 1 nitrogen and oxygen atoms in total. The molecule has 0 amide bonds. The summed E-state index contributed by atoms with van der Waals surface area (Å²) in [6.07, 6.45) is 4.94. The predicted octanol–water partition coefficient (Wildman–Crippen LogP) is 2.02. The van der Waals surface area contributed by atoms with Gasteiger partial charge in [0.05, 0.1) is 6.10 Å². The molecule has 0 heterocycles. The van der Waals surface area contributed by atoms with Gasteiger partial charge in [0.15, 0.2) is 0 Å². The fourth-order valence-corrected chi connectivity index (χ4v) is 4.26. The zero-order valence-electron chi connectivity index (χ0n) is 7.12. The topological polar surface area (TPSA) is 20.2 Å². The van der Waals surface area contributed by atoms with Gasteiger partial charge in [-0.25, -0.2) is 0 Å². The second-order valence-corrected chi connectivity index (χ2v) is 5.43. The molecule has 1 N–H and O–H groups in total. The molecule has 0 radical (unpaired) electrons. The lowest BCUT2D eigenvalue weighted by molar-refractivity contribution is -0.0886. The molecule has 4 bridgehead atoms. The number of hydrogen-bond donors (Lipinski definition) is 1. The first-order valence-electron chi connectivity index (χ1n) is 5.08. The first kappa shape index (κ1) is 7.64. The van der Waals surface area contributed by atoms with Crippen molar-refractivity contribution >= 4 is 11.6 Å². The Bertz CT molecular complexity index is 188. The number of aliphatic hydroxyl groups excluding tert-OH is 1. The number of halogens is 1. The van der Waals surface area contributed by atoms with Gasteiger partial charge in [-0.3, -0.25) is 0 Å². The monoisotopic (exact) mass is 186 g/mol. The lowest BCUT2D eigenvalue weighted by Gasteiger charge is -2.55. The Labute approximate surface area is 78.1 Å². The molecule has 4 aliphatic carbocycles. The van der Waals surface area contributed by atoms with Gasteiger partial charge in [-0.05, 0) is 43.4 Å². The van der Waals surface area contributed by atoms with Crippen molar-refractivity contribution in [2.24, 2.45) is 23.7 Å². The molecular weight excluding hydrogens is 172 g/mol. The molecule has 4 saturated carbocycles. The lowest BCUT2D eigenvalue weighted by atomic mass is 9.55. The van der Waals surface area contributed by atoms with Crippen molar-refractivity contribution in [3.05, 3.63) is 0 Å². The van der Waals surface area contributed by atoms with Crippen LogP contribution in [0, 0.1) is 23.7 Å². The van der Waals surface area contributed by atoms with E-state index in [1.54, 1.807) is 0 Å². The zero-order valence-corrected chi connectivity index (χ0v) is 7.87. The zero-order chi connectivity index (χ0) is 8.29. The first-order chi connectivity index (χ1) is 5.75. The molecule has 12 heavy (non-hydrogen) atoms. The van der Waals surface area contributed by atoms with Crippen LogP contribution in [-0.2, 0) is 0 Å². The van der Waals surface area contributed by atoms with E-state index in [-0.39, 0.29) is 11.5 Å². The maximum atomic E-state index is 9.91. The van der Waals surface area contributed by atoms with Crippen LogP contribution in [0.3, 0.4) is 0 Å². The van der Waals surface area contributed by atoms with E-state index in [4.69, 9.17) is 11.6 Å². The van der Waals surface area contributed by atoms with Gasteiger partial charge in [0.25, 0.3) is 0 Å². The van der Waals surface area contributed by atoms with Gasteiger partial charge < -0.3 is 5.11 Å². The van der Waals surface area contributed by atoms with Gasteiger partial charge >= 0.3 is 0 Å². The average Bonchev–Trinajstić information content (AvgIpc) is 2.07. The molecule has 4 fully saturated rings. The van der Waals surface area contributed by atoms with Crippen LogP contribution < -0.4 is 0 Å². The molecule has 0 saturated heterocycles. The SMILES string of the molecule is O[C@H]1[C@@H]2CC3C[C@H](C2)C[C@H]1[C@@H]3Cl. The summed E-state index contributed by atoms with van der Waals surface area (Å²) in [4.78, 5) is 0. The Kier molecular flexibility index (Phi) is 1.52. The second-order valence-electron chi connectivity index (χ2n) is 4.93. The molecule has 0 aromatic carbocycles. The minimum absolute atomic E-state index is 0.0692.